The first-order chi connectivity index (χ1) is 16.5. The van der Waals surface area contributed by atoms with Crippen molar-refractivity contribution in [1.82, 2.24) is 0 Å². The Labute approximate surface area is 219 Å². The monoisotopic (exact) mass is 541 g/mol. The molecule has 0 saturated heterocycles. The standard InChI is InChI=1S/C26H56NO6PS/c1-8-10-11-12-13-14-15-16-17-18-19-20-25(9-2)35(30)26(24(3)23-31-7)33-34(28,29)32-22-21-27(4,5)6/h24-26H,8-23H2,1-7H3. The number of hydrogen-bond donors (Lipinski definition) is 0. The van der Waals surface area contributed by atoms with Crippen LogP contribution in [0.5, 0.6) is 0 Å². The number of hydrogen-bond acceptors (Lipinski definition) is 6. The van der Waals surface area contributed by atoms with E-state index in [-0.39, 0.29) is 24.4 Å². The summed E-state index contributed by atoms with van der Waals surface area (Å²) in [5.41, 5.74) is -0.972. The van der Waals surface area contributed by atoms with Gasteiger partial charge >= 0.3 is 0 Å². The van der Waals surface area contributed by atoms with E-state index >= 15 is 0 Å². The Balaban J connectivity index is 4.63. The number of phosphoric ester groups is 1. The Bertz CT molecular complexity index is 587. The fraction of sp³-hybridized carbons (Fsp3) is 1.00. The summed E-state index contributed by atoms with van der Waals surface area (Å²) in [6, 6.07) is 0. The summed E-state index contributed by atoms with van der Waals surface area (Å²) in [6.07, 6.45) is 15.5. The van der Waals surface area contributed by atoms with E-state index in [2.05, 4.69) is 6.92 Å². The highest BCUT2D eigenvalue weighted by Crippen LogP contribution is 2.42. The molecule has 0 aliphatic heterocycles. The Hall–Kier alpha value is 0.180. The molecule has 0 fully saturated rings. The predicted octanol–water partition coefficient (Wildman–Crippen LogP) is 6.03. The third kappa shape index (κ3) is 19.0. The van der Waals surface area contributed by atoms with Crippen molar-refractivity contribution in [2.24, 2.45) is 5.92 Å². The van der Waals surface area contributed by atoms with Crippen molar-refractivity contribution in [3.8, 4) is 0 Å². The molecule has 0 N–H and O–H groups in total. The largest absolute Gasteiger partial charge is 0.756 e. The van der Waals surface area contributed by atoms with Gasteiger partial charge in [0, 0.05) is 18.3 Å². The highest BCUT2D eigenvalue weighted by atomic mass is 32.2. The molecule has 0 amide bonds. The van der Waals surface area contributed by atoms with E-state index in [0.29, 0.717) is 11.0 Å². The molecule has 0 aliphatic rings. The van der Waals surface area contributed by atoms with Gasteiger partial charge in [-0.05, 0) is 12.8 Å². The van der Waals surface area contributed by atoms with E-state index in [9.17, 15) is 13.7 Å². The molecular weight excluding hydrogens is 485 g/mol. The first-order valence-electron chi connectivity index (χ1n) is 13.8. The Morgan fingerprint density at radius 3 is 1.89 bits per heavy atom. The summed E-state index contributed by atoms with van der Waals surface area (Å²) < 4.78 is 42.2. The lowest BCUT2D eigenvalue weighted by molar-refractivity contribution is -0.870. The average molecular weight is 542 g/mol. The summed E-state index contributed by atoms with van der Waals surface area (Å²) >= 11 is 0. The topological polar surface area (TPSA) is 84.9 Å². The van der Waals surface area contributed by atoms with Gasteiger partial charge in [-0.25, -0.2) is 0 Å². The summed E-state index contributed by atoms with van der Waals surface area (Å²) in [4.78, 5) is 12.5. The number of ether oxygens (including phenoxy) is 1. The molecule has 0 aliphatic carbocycles. The Morgan fingerprint density at radius 2 is 1.43 bits per heavy atom. The number of likely N-dealkylation sites (N-methyl/N-ethyl adjacent to an activating group) is 1. The number of nitrogens with zero attached hydrogens (tertiary/aromatic N) is 1. The zero-order chi connectivity index (χ0) is 26.7. The minimum absolute atomic E-state index is 0.0260. The third-order valence-electron chi connectivity index (χ3n) is 6.28. The van der Waals surface area contributed by atoms with Gasteiger partial charge in [0.2, 0.25) is 0 Å². The first kappa shape index (κ1) is 35.2. The van der Waals surface area contributed by atoms with Gasteiger partial charge < -0.3 is 23.2 Å². The molecule has 0 rings (SSSR count). The molecule has 212 valence electrons. The van der Waals surface area contributed by atoms with Crippen LogP contribution in [0.25, 0.3) is 0 Å². The van der Waals surface area contributed by atoms with Crippen molar-refractivity contribution in [3.05, 3.63) is 0 Å². The van der Waals surface area contributed by atoms with Gasteiger partial charge in [0.05, 0.1) is 38.5 Å². The highest BCUT2D eigenvalue weighted by Gasteiger charge is 2.33. The zero-order valence-electron chi connectivity index (χ0n) is 23.8. The maximum Gasteiger partial charge on any atom is 0.269 e. The number of phosphoric acid groups is 1. The predicted molar refractivity (Wildman–Crippen MR) is 146 cm³/mol. The second-order valence-electron chi connectivity index (χ2n) is 10.9. The van der Waals surface area contributed by atoms with Crippen molar-refractivity contribution in [3.63, 3.8) is 0 Å². The first-order valence-corrected chi connectivity index (χ1v) is 16.5. The molecule has 9 heteroatoms. The number of unbranched alkanes of at least 4 members (excludes halogenated alkanes) is 10. The van der Waals surface area contributed by atoms with Crippen molar-refractivity contribution >= 4 is 18.6 Å². The molecule has 0 bridgehead atoms. The normalized spacial score (nSPS) is 17.6. The lowest BCUT2D eigenvalue weighted by atomic mass is 10.0. The Kier molecular flexibility index (Phi) is 20.3. The van der Waals surface area contributed by atoms with Gasteiger partial charge in [0.1, 0.15) is 18.6 Å². The molecular formula is C26H56NO6PS. The van der Waals surface area contributed by atoms with Crippen LogP contribution in [0, 0.1) is 5.92 Å². The van der Waals surface area contributed by atoms with Crippen LogP contribution in [0.2, 0.25) is 0 Å². The molecule has 0 heterocycles. The average Bonchev–Trinajstić information content (AvgIpc) is 2.77. The lowest BCUT2D eigenvalue weighted by Crippen LogP contribution is -2.38. The molecule has 7 nitrogen and oxygen atoms in total. The van der Waals surface area contributed by atoms with Crippen LogP contribution in [0.15, 0.2) is 0 Å². The Morgan fingerprint density at radius 1 is 0.914 bits per heavy atom. The highest BCUT2D eigenvalue weighted by molar-refractivity contribution is 7.86. The van der Waals surface area contributed by atoms with Gasteiger partial charge in [-0.15, -0.1) is 0 Å². The second kappa shape index (κ2) is 20.2. The van der Waals surface area contributed by atoms with E-state index < -0.39 is 24.1 Å². The van der Waals surface area contributed by atoms with Gasteiger partial charge in [-0.3, -0.25) is 8.77 Å². The molecule has 0 aromatic heterocycles. The maximum atomic E-state index is 13.4. The van der Waals surface area contributed by atoms with E-state index in [0.717, 1.165) is 25.7 Å². The van der Waals surface area contributed by atoms with Gasteiger partial charge in [0.25, 0.3) is 7.82 Å². The van der Waals surface area contributed by atoms with Crippen LogP contribution in [-0.2, 0) is 29.1 Å². The van der Waals surface area contributed by atoms with E-state index in [1.165, 1.54) is 57.8 Å². The van der Waals surface area contributed by atoms with Gasteiger partial charge in [0.15, 0.2) is 0 Å². The van der Waals surface area contributed by atoms with Gasteiger partial charge in [-0.1, -0.05) is 91.4 Å². The van der Waals surface area contributed by atoms with Crippen LogP contribution in [0.3, 0.4) is 0 Å². The molecule has 5 unspecified atom stereocenters. The van der Waals surface area contributed by atoms with Crippen molar-refractivity contribution < 1.29 is 31.9 Å². The van der Waals surface area contributed by atoms with Crippen LogP contribution < -0.4 is 4.89 Å². The number of methoxy groups -OCH3 is 1. The van der Waals surface area contributed by atoms with E-state index in [4.69, 9.17) is 13.8 Å². The molecule has 0 radical (unpaired) electrons. The fourth-order valence-corrected chi connectivity index (χ4v) is 7.14. The quantitative estimate of drug-likeness (QED) is 0.0842. The number of quaternary nitrogens is 1. The smallest absolute Gasteiger partial charge is 0.269 e. The minimum atomic E-state index is -4.58. The minimum Gasteiger partial charge on any atom is -0.756 e. The van der Waals surface area contributed by atoms with Gasteiger partial charge in [-0.2, -0.15) is 0 Å². The molecule has 0 aromatic rings. The van der Waals surface area contributed by atoms with Crippen molar-refractivity contribution in [2.45, 2.75) is 115 Å². The summed E-state index contributed by atoms with van der Waals surface area (Å²) in [5, 5.41) is -0.107. The maximum absolute atomic E-state index is 13.4. The summed E-state index contributed by atoms with van der Waals surface area (Å²) in [6.45, 7) is 6.88. The number of rotatable bonds is 24. The van der Waals surface area contributed by atoms with Crippen molar-refractivity contribution in [1.29, 1.82) is 0 Å². The SMILES string of the molecule is CCCCCCCCCCCCCC(CC)S(=O)C(OP(=O)([O-])OCC[N+](C)(C)C)C(C)COC. The lowest BCUT2D eigenvalue weighted by Gasteiger charge is -2.33. The zero-order valence-corrected chi connectivity index (χ0v) is 25.5. The van der Waals surface area contributed by atoms with Crippen LogP contribution in [0.1, 0.15) is 104 Å². The fourth-order valence-electron chi connectivity index (χ4n) is 4.01. The van der Waals surface area contributed by atoms with Crippen LogP contribution in [0.4, 0.5) is 0 Å². The molecule has 5 atom stereocenters. The van der Waals surface area contributed by atoms with Crippen molar-refractivity contribution in [2.75, 3.05) is 48.0 Å². The summed E-state index contributed by atoms with van der Waals surface area (Å²) in [7, 11) is 1.37. The van der Waals surface area contributed by atoms with E-state index in [1.54, 1.807) is 7.11 Å². The second-order valence-corrected chi connectivity index (χ2v) is 14.0. The molecule has 0 aromatic carbocycles. The van der Waals surface area contributed by atoms with E-state index in [1.807, 2.05) is 35.0 Å². The molecule has 0 spiro atoms. The van der Waals surface area contributed by atoms with Crippen LogP contribution in [-0.4, -0.2) is 67.4 Å². The summed E-state index contributed by atoms with van der Waals surface area (Å²) in [5.74, 6) is -0.337. The molecule has 0 saturated carbocycles. The third-order valence-corrected chi connectivity index (χ3v) is 9.65. The molecule has 35 heavy (non-hydrogen) atoms. The van der Waals surface area contributed by atoms with Crippen LogP contribution >= 0.6 is 7.82 Å².